The third-order valence-corrected chi connectivity index (χ3v) is 1.80. The van der Waals surface area contributed by atoms with E-state index >= 15 is 0 Å². The van der Waals surface area contributed by atoms with E-state index in [4.69, 9.17) is 10.5 Å². The predicted octanol–water partition coefficient (Wildman–Crippen LogP) is 1.08. The summed E-state index contributed by atoms with van der Waals surface area (Å²) in [7, 11) is 0. The summed E-state index contributed by atoms with van der Waals surface area (Å²) in [5.41, 5.74) is 6.14. The van der Waals surface area contributed by atoms with Crippen molar-refractivity contribution in [3.05, 3.63) is 29.8 Å². The molecule has 3 N–H and O–H groups in total. The third kappa shape index (κ3) is 2.72. The summed E-state index contributed by atoms with van der Waals surface area (Å²) in [5, 5.41) is 9.38. The van der Waals surface area contributed by atoms with Crippen LogP contribution in [0.2, 0.25) is 0 Å². The van der Waals surface area contributed by atoms with Gasteiger partial charge in [-0.05, 0) is 24.6 Å². The molecule has 0 aliphatic carbocycles. The molecule has 1 atom stereocenters. The maximum atomic E-state index is 9.38. The van der Waals surface area contributed by atoms with Crippen molar-refractivity contribution in [2.75, 3.05) is 13.2 Å². The lowest BCUT2D eigenvalue weighted by Crippen LogP contribution is -2.11. The van der Waals surface area contributed by atoms with E-state index in [1.165, 1.54) is 0 Å². The normalized spacial score (nSPS) is 12.5. The molecule has 72 valence electrons. The molecule has 0 aliphatic rings. The molecule has 0 saturated carbocycles. The lowest BCUT2D eigenvalue weighted by molar-refractivity contribution is 0.186. The fourth-order valence-corrected chi connectivity index (χ4v) is 1.09. The van der Waals surface area contributed by atoms with E-state index in [2.05, 4.69) is 0 Å². The molecule has 0 aromatic heterocycles. The molecular weight excluding hydrogens is 166 g/mol. The van der Waals surface area contributed by atoms with Gasteiger partial charge < -0.3 is 15.6 Å². The number of aliphatic hydroxyl groups excluding tert-OH is 1. The van der Waals surface area contributed by atoms with E-state index in [1.807, 2.05) is 31.2 Å². The van der Waals surface area contributed by atoms with Gasteiger partial charge in [-0.1, -0.05) is 12.1 Å². The molecule has 0 aliphatic heterocycles. The fourth-order valence-electron chi connectivity index (χ4n) is 1.09. The Bertz CT molecular complexity index is 246. The number of nitrogens with two attached hydrogens (primary N) is 1. The minimum Gasteiger partial charge on any atom is -0.494 e. The van der Waals surface area contributed by atoms with Crippen molar-refractivity contribution in [1.29, 1.82) is 0 Å². The lowest BCUT2D eigenvalue weighted by Gasteiger charge is -2.08. The van der Waals surface area contributed by atoms with E-state index < -0.39 is 6.10 Å². The molecule has 0 fully saturated rings. The summed E-state index contributed by atoms with van der Waals surface area (Å²) in [5.74, 6) is 0.815. The SMILES string of the molecule is CCOc1ccc([C@@H](O)CN)cc1. The maximum Gasteiger partial charge on any atom is 0.119 e. The molecule has 3 heteroatoms. The van der Waals surface area contributed by atoms with Gasteiger partial charge in [0.2, 0.25) is 0 Å². The van der Waals surface area contributed by atoms with Crippen LogP contribution in [0.1, 0.15) is 18.6 Å². The van der Waals surface area contributed by atoms with Crippen LogP contribution in [0.15, 0.2) is 24.3 Å². The molecule has 0 saturated heterocycles. The molecule has 0 bridgehead atoms. The Balaban J connectivity index is 2.69. The zero-order valence-electron chi connectivity index (χ0n) is 7.73. The average molecular weight is 181 g/mol. The second-order valence-corrected chi connectivity index (χ2v) is 2.75. The average Bonchev–Trinajstić information content (AvgIpc) is 2.18. The van der Waals surface area contributed by atoms with Gasteiger partial charge in [-0.15, -0.1) is 0 Å². The summed E-state index contributed by atoms with van der Waals surface area (Å²) in [6.07, 6.45) is -0.573. The number of aliphatic hydroxyl groups is 1. The van der Waals surface area contributed by atoms with Crippen molar-refractivity contribution in [3.63, 3.8) is 0 Å². The molecule has 3 nitrogen and oxygen atoms in total. The van der Waals surface area contributed by atoms with Gasteiger partial charge in [0.05, 0.1) is 12.7 Å². The van der Waals surface area contributed by atoms with E-state index in [0.717, 1.165) is 11.3 Å². The Kier molecular flexibility index (Phi) is 3.73. The van der Waals surface area contributed by atoms with Crippen molar-refractivity contribution < 1.29 is 9.84 Å². The van der Waals surface area contributed by atoms with E-state index in [-0.39, 0.29) is 6.54 Å². The fraction of sp³-hybridized carbons (Fsp3) is 0.400. The monoisotopic (exact) mass is 181 g/mol. The first kappa shape index (κ1) is 10.0. The molecule has 0 heterocycles. The zero-order chi connectivity index (χ0) is 9.68. The van der Waals surface area contributed by atoms with Crippen molar-refractivity contribution in [3.8, 4) is 5.75 Å². The Hall–Kier alpha value is -1.06. The van der Waals surface area contributed by atoms with Gasteiger partial charge in [-0.2, -0.15) is 0 Å². The molecule has 1 aromatic carbocycles. The van der Waals surface area contributed by atoms with Crippen LogP contribution in [-0.2, 0) is 0 Å². The van der Waals surface area contributed by atoms with Crippen molar-refractivity contribution in [1.82, 2.24) is 0 Å². The minimum atomic E-state index is -0.573. The highest BCUT2D eigenvalue weighted by molar-refractivity contribution is 5.28. The first-order chi connectivity index (χ1) is 6.27. The standard InChI is InChI=1S/C10H15NO2/c1-2-13-9-5-3-8(4-6-9)10(12)7-11/h3-6,10,12H,2,7,11H2,1H3/t10-/m0/s1. The molecular formula is C10H15NO2. The largest absolute Gasteiger partial charge is 0.494 e. The minimum absolute atomic E-state index is 0.244. The van der Waals surface area contributed by atoms with Gasteiger partial charge in [0.15, 0.2) is 0 Å². The molecule has 13 heavy (non-hydrogen) atoms. The van der Waals surface area contributed by atoms with Crippen molar-refractivity contribution in [2.24, 2.45) is 5.73 Å². The molecule has 0 amide bonds. The van der Waals surface area contributed by atoms with E-state index in [1.54, 1.807) is 0 Å². The number of hydrogen-bond donors (Lipinski definition) is 2. The topological polar surface area (TPSA) is 55.5 Å². The van der Waals surface area contributed by atoms with Crippen LogP contribution in [-0.4, -0.2) is 18.3 Å². The van der Waals surface area contributed by atoms with Crippen molar-refractivity contribution >= 4 is 0 Å². The maximum absolute atomic E-state index is 9.38. The Morgan fingerprint density at radius 1 is 1.38 bits per heavy atom. The smallest absolute Gasteiger partial charge is 0.119 e. The Morgan fingerprint density at radius 2 is 2.00 bits per heavy atom. The highest BCUT2D eigenvalue weighted by Gasteiger charge is 2.03. The van der Waals surface area contributed by atoms with Gasteiger partial charge >= 0.3 is 0 Å². The van der Waals surface area contributed by atoms with Crippen LogP contribution in [0.25, 0.3) is 0 Å². The van der Waals surface area contributed by atoms with Crippen LogP contribution < -0.4 is 10.5 Å². The van der Waals surface area contributed by atoms with Crippen LogP contribution in [0, 0.1) is 0 Å². The van der Waals surface area contributed by atoms with Crippen LogP contribution in [0.5, 0.6) is 5.75 Å². The second kappa shape index (κ2) is 4.84. The van der Waals surface area contributed by atoms with Gasteiger partial charge in [-0.25, -0.2) is 0 Å². The van der Waals surface area contributed by atoms with Crippen LogP contribution >= 0.6 is 0 Å². The van der Waals surface area contributed by atoms with Gasteiger partial charge in [0, 0.05) is 6.54 Å². The summed E-state index contributed by atoms with van der Waals surface area (Å²) < 4.78 is 5.26. The number of rotatable bonds is 4. The summed E-state index contributed by atoms with van der Waals surface area (Å²) >= 11 is 0. The predicted molar refractivity (Wildman–Crippen MR) is 51.6 cm³/mol. The molecule has 1 aromatic rings. The van der Waals surface area contributed by atoms with E-state index in [9.17, 15) is 5.11 Å². The quantitative estimate of drug-likeness (QED) is 0.730. The molecule has 0 radical (unpaired) electrons. The lowest BCUT2D eigenvalue weighted by atomic mass is 10.1. The highest BCUT2D eigenvalue weighted by atomic mass is 16.5. The van der Waals surface area contributed by atoms with Crippen molar-refractivity contribution in [2.45, 2.75) is 13.0 Å². The second-order valence-electron chi connectivity index (χ2n) is 2.75. The van der Waals surface area contributed by atoms with Gasteiger partial charge in [0.1, 0.15) is 5.75 Å². The summed E-state index contributed by atoms with van der Waals surface area (Å²) in [6, 6.07) is 7.31. The Morgan fingerprint density at radius 3 is 2.46 bits per heavy atom. The van der Waals surface area contributed by atoms with Gasteiger partial charge in [-0.3, -0.25) is 0 Å². The summed E-state index contributed by atoms with van der Waals surface area (Å²) in [4.78, 5) is 0. The van der Waals surface area contributed by atoms with E-state index in [0.29, 0.717) is 6.61 Å². The highest BCUT2D eigenvalue weighted by Crippen LogP contribution is 2.16. The van der Waals surface area contributed by atoms with Crippen LogP contribution in [0.4, 0.5) is 0 Å². The first-order valence-corrected chi connectivity index (χ1v) is 4.38. The number of benzene rings is 1. The number of hydrogen-bond acceptors (Lipinski definition) is 3. The number of ether oxygens (including phenoxy) is 1. The molecule has 0 spiro atoms. The third-order valence-electron chi connectivity index (χ3n) is 1.80. The summed E-state index contributed by atoms with van der Waals surface area (Å²) in [6.45, 7) is 2.83. The zero-order valence-corrected chi connectivity index (χ0v) is 7.73. The molecule has 1 rings (SSSR count). The van der Waals surface area contributed by atoms with Crippen LogP contribution in [0.3, 0.4) is 0 Å². The Labute approximate surface area is 78.1 Å². The van der Waals surface area contributed by atoms with Gasteiger partial charge in [0.25, 0.3) is 0 Å². The first-order valence-electron chi connectivity index (χ1n) is 4.38. The molecule has 0 unspecified atom stereocenters.